The molecule has 1 aliphatic heterocycles. The molecule has 1 saturated heterocycles. The molecule has 4 aliphatic carbocycles. The van der Waals surface area contributed by atoms with Crippen LogP contribution in [0.2, 0.25) is 0 Å². The number of hydrogen-bond donors (Lipinski definition) is 1. The van der Waals surface area contributed by atoms with E-state index in [1.807, 2.05) is 0 Å². The summed E-state index contributed by atoms with van der Waals surface area (Å²) in [4.78, 5) is 2.57. The summed E-state index contributed by atoms with van der Waals surface area (Å²) in [5.74, 6) is 2.93. The third kappa shape index (κ3) is 3.85. The molecule has 176 valence electrons. The van der Waals surface area contributed by atoms with Crippen LogP contribution < -0.4 is 0 Å². The Labute approximate surface area is 191 Å². The Morgan fingerprint density at radius 3 is 2.58 bits per heavy atom. The molecule has 0 spiro atoms. The summed E-state index contributed by atoms with van der Waals surface area (Å²) in [6.07, 6.45) is 16.0. The Balaban J connectivity index is 1.25. The average molecular weight is 430 g/mol. The van der Waals surface area contributed by atoms with Gasteiger partial charge in [0.2, 0.25) is 0 Å². The van der Waals surface area contributed by atoms with Crippen molar-refractivity contribution in [2.75, 3.05) is 26.2 Å². The van der Waals surface area contributed by atoms with Crippen molar-refractivity contribution in [3.8, 4) is 0 Å². The van der Waals surface area contributed by atoms with Gasteiger partial charge < -0.3 is 14.7 Å². The van der Waals surface area contributed by atoms with Crippen molar-refractivity contribution in [2.24, 2.45) is 34.5 Å². The summed E-state index contributed by atoms with van der Waals surface area (Å²) >= 11 is 0. The zero-order chi connectivity index (χ0) is 21.9. The molecule has 5 rings (SSSR count). The summed E-state index contributed by atoms with van der Waals surface area (Å²) in [6.45, 7) is 13.8. The largest absolute Gasteiger partial charge is 0.390 e. The lowest BCUT2D eigenvalue weighted by Crippen LogP contribution is -2.52. The summed E-state index contributed by atoms with van der Waals surface area (Å²) in [6, 6.07) is 0. The summed E-state index contributed by atoms with van der Waals surface area (Å²) in [5.41, 5.74) is 1.91. The number of ether oxygens (including phenoxy) is 1. The Kier molecular flexibility index (Phi) is 5.88. The SMILES string of the molecule is CC(C)(O)[C@H]1CC[C@H]2[C@@H]3CC=C4C[C@@H](OCCN5CCCC5)CC[C@]4(C)[C@H]3CC[C@]12C. The maximum atomic E-state index is 10.9. The van der Waals surface area contributed by atoms with Gasteiger partial charge in [-0.1, -0.05) is 25.5 Å². The highest BCUT2D eigenvalue weighted by atomic mass is 16.5. The second kappa shape index (κ2) is 8.13. The van der Waals surface area contributed by atoms with Crippen LogP contribution in [-0.4, -0.2) is 48.0 Å². The number of likely N-dealkylation sites (tertiary alicyclic amines) is 1. The molecule has 0 radical (unpaired) electrons. The number of allylic oxidation sites excluding steroid dienone is 1. The van der Waals surface area contributed by atoms with E-state index in [9.17, 15) is 5.11 Å². The van der Waals surface area contributed by atoms with Crippen molar-refractivity contribution in [1.82, 2.24) is 4.90 Å². The maximum absolute atomic E-state index is 10.9. The molecule has 0 bridgehead atoms. The second-order valence-electron chi connectivity index (χ2n) is 12.9. The van der Waals surface area contributed by atoms with Crippen molar-refractivity contribution < 1.29 is 9.84 Å². The summed E-state index contributed by atoms with van der Waals surface area (Å²) in [7, 11) is 0. The van der Waals surface area contributed by atoms with Crippen LogP contribution in [0.25, 0.3) is 0 Å². The molecule has 31 heavy (non-hydrogen) atoms. The molecule has 0 aromatic heterocycles. The van der Waals surface area contributed by atoms with E-state index in [2.05, 4.69) is 38.7 Å². The highest BCUT2D eigenvalue weighted by Crippen LogP contribution is 2.67. The molecule has 0 aromatic rings. The lowest BCUT2D eigenvalue weighted by Gasteiger charge is -2.59. The highest BCUT2D eigenvalue weighted by molar-refractivity contribution is 5.25. The van der Waals surface area contributed by atoms with Crippen LogP contribution in [0.3, 0.4) is 0 Å². The first kappa shape index (κ1) is 22.4. The lowest BCUT2D eigenvalue weighted by molar-refractivity contribution is -0.0969. The van der Waals surface area contributed by atoms with Gasteiger partial charge in [0.05, 0.1) is 18.3 Å². The first-order valence-corrected chi connectivity index (χ1v) is 13.5. The van der Waals surface area contributed by atoms with Gasteiger partial charge in [0, 0.05) is 6.54 Å². The molecule has 1 N–H and O–H groups in total. The molecule has 4 fully saturated rings. The van der Waals surface area contributed by atoms with E-state index in [1.54, 1.807) is 5.57 Å². The van der Waals surface area contributed by atoms with E-state index in [4.69, 9.17) is 4.74 Å². The van der Waals surface area contributed by atoms with Gasteiger partial charge >= 0.3 is 0 Å². The fraction of sp³-hybridized carbons (Fsp3) is 0.929. The third-order valence-electron chi connectivity index (χ3n) is 10.9. The van der Waals surface area contributed by atoms with Gasteiger partial charge in [-0.15, -0.1) is 0 Å². The van der Waals surface area contributed by atoms with Gasteiger partial charge in [-0.25, -0.2) is 0 Å². The van der Waals surface area contributed by atoms with E-state index in [-0.39, 0.29) is 0 Å². The van der Waals surface area contributed by atoms with Gasteiger partial charge in [-0.2, -0.15) is 0 Å². The molecule has 1 heterocycles. The second-order valence-corrected chi connectivity index (χ2v) is 12.9. The van der Waals surface area contributed by atoms with E-state index in [0.717, 1.165) is 30.9 Å². The van der Waals surface area contributed by atoms with Crippen molar-refractivity contribution in [2.45, 2.75) is 104 Å². The van der Waals surface area contributed by atoms with Crippen LogP contribution in [0.5, 0.6) is 0 Å². The van der Waals surface area contributed by atoms with E-state index in [1.165, 1.54) is 77.3 Å². The Morgan fingerprint density at radius 1 is 1.06 bits per heavy atom. The standard InChI is InChI=1S/C28H47NO2/c1-26(2,30)25-10-9-23-22-8-7-20-19-21(31-18-17-29-15-5-6-16-29)11-13-27(20,3)24(22)12-14-28(23,25)4/h7,21-25,30H,5-6,8-19H2,1-4H3/t21-,22-,23-,24-,25+,27-,28-/m0/s1. The van der Waals surface area contributed by atoms with Crippen LogP contribution in [0.15, 0.2) is 11.6 Å². The molecule has 0 unspecified atom stereocenters. The van der Waals surface area contributed by atoms with Crippen LogP contribution in [0.1, 0.15) is 91.9 Å². The smallest absolute Gasteiger partial charge is 0.0625 e. The van der Waals surface area contributed by atoms with E-state index >= 15 is 0 Å². The molecule has 3 nitrogen and oxygen atoms in total. The molecule has 7 atom stereocenters. The van der Waals surface area contributed by atoms with Gasteiger partial charge in [0.1, 0.15) is 0 Å². The number of hydrogen-bond acceptors (Lipinski definition) is 3. The summed E-state index contributed by atoms with van der Waals surface area (Å²) in [5, 5.41) is 10.9. The highest BCUT2D eigenvalue weighted by Gasteiger charge is 2.60. The van der Waals surface area contributed by atoms with Gasteiger partial charge in [0.25, 0.3) is 0 Å². The third-order valence-corrected chi connectivity index (χ3v) is 10.9. The van der Waals surface area contributed by atoms with E-state index in [0.29, 0.717) is 22.9 Å². The predicted octanol–water partition coefficient (Wildman–Crippen LogP) is 5.82. The fourth-order valence-electron chi connectivity index (χ4n) is 9.28. The minimum atomic E-state index is -0.541. The van der Waals surface area contributed by atoms with Crippen molar-refractivity contribution >= 4 is 0 Å². The first-order chi connectivity index (χ1) is 14.7. The van der Waals surface area contributed by atoms with Crippen LogP contribution in [0.4, 0.5) is 0 Å². The lowest BCUT2D eigenvalue weighted by atomic mass is 9.47. The predicted molar refractivity (Wildman–Crippen MR) is 127 cm³/mol. The van der Waals surface area contributed by atoms with Gasteiger partial charge in [-0.3, -0.25) is 0 Å². The Bertz CT molecular complexity index is 690. The fourth-order valence-corrected chi connectivity index (χ4v) is 9.28. The minimum Gasteiger partial charge on any atom is -0.390 e. The normalized spacial score (nSPS) is 45.7. The van der Waals surface area contributed by atoms with Crippen molar-refractivity contribution in [3.05, 3.63) is 11.6 Å². The first-order valence-electron chi connectivity index (χ1n) is 13.5. The zero-order valence-corrected chi connectivity index (χ0v) is 20.7. The van der Waals surface area contributed by atoms with Crippen LogP contribution >= 0.6 is 0 Å². The Hall–Kier alpha value is -0.380. The van der Waals surface area contributed by atoms with Crippen molar-refractivity contribution in [3.63, 3.8) is 0 Å². The monoisotopic (exact) mass is 429 g/mol. The molecule has 5 aliphatic rings. The number of rotatable bonds is 5. The van der Waals surface area contributed by atoms with Crippen LogP contribution in [0, 0.1) is 34.5 Å². The number of fused-ring (bicyclic) bond motifs is 5. The van der Waals surface area contributed by atoms with Gasteiger partial charge in [0.15, 0.2) is 0 Å². The molecular weight excluding hydrogens is 382 g/mol. The Morgan fingerprint density at radius 2 is 1.84 bits per heavy atom. The molecular formula is C28H47NO2. The molecule has 3 heteroatoms. The molecule has 0 aromatic carbocycles. The molecule has 3 saturated carbocycles. The number of aliphatic hydroxyl groups is 1. The van der Waals surface area contributed by atoms with E-state index < -0.39 is 5.60 Å². The van der Waals surface area contributed by atoms with Crippen molar-refractivity contribution in [1.29, 1.82) is 0 Å². The average Bonchev–Trinajstić information content (AvgIpc) is 3.34. The van der Waals surface area contributed by atoms with Crippen LogP contribution in [-0.2, 0) is 4.74 Å². The summed E-state index contributed by atoms with van der Waals surface area (Å²) < 4.78 is 6.40. The molecule has 0 amide bonds. The zero-order valence-electron chi connectivity index (χ0n) is 20.7. The maximum Gasteiger partial charge on any atom is 0.0625 e. The number of nitrogens with zero attached hydrogens (tertiary/aromatic N) is 1. The topological polar surface area (TPSA) is 32.7 Å². The minimum absolute atomic E-state index is 0.330. The van der Waals surface area contributed by atoms with Gasteiger partial charge in [-0.05, 0) is 126 Å². The quantitative estimate of drug-likeness (QED) is 0.559.